The van der Waals surface area contributed by atoms with Crippen LogP contribution in [0.5, 0.6) is 0 Å². The molecule has 0 spiro atoms. The number of hydrogen-bond acceptors (Lipinski definition) is 5. The monoisotopic (exact) mass is 435 g/mol. The normalized spacial score (nSPS) is 17.5. The van der Waals surface area contributed by atoms with Crippen molar-refractivity contribution in [3.8, 4) is 0 Å². The van der Waals surface area contributed by atoms with Crippen LogP contribution < -0.4 is 10.6 Å². The summed E-state index contributed by atoms with van der Waals surface area (Å²) in [6.45, 7) is 6.61. The number of hydrogen-bond donors (Lipinski definition) is 2. The molecule has 2 rings (SSSR count). The van der Waals surface area contributed by atoms with E-state index in [0.717, 1.165) is 32.8 Å². The Morgan fingerprint density at radius 2 is 2.10 bits per heavy atom. The molecule has 1 aliphatic heterocycles. The van der Waals surface area contributed by atoms with Crippen molar-refractivity contribution < 1.29 is 17.9 Å². The van der Waals surface area contributed by atoms with Crippen molar-refractivity contribution in [2.45, 2.75) is 25.6 Å². The van der Waals surface area contributed by atoms with E-state index < -0.39 is 12.7 Å². The van der Waals surface area contributed by atoms with E-state index in [4.69, 9.17) is 9.73 Å². The van der Waals surface area contributed by atoms with E-state index in [1.165, 1.54) is 16.8 Å². The lowest BCUT2D eigenvalue weighted by molar-refractivity contribution is -0.143. The van der Waals surface area contributed by atoms with Crippen LogP contribution in [0.2, 0.25) is 0 Å². The molecule has 1 aliphatic rings. The second-order valence-corrected chi connectivity index (χ2v) is 8.01. The SMILES string of the molecule is CCNC(=NCC(c1cccs1)N1CCOCC1)NCCCN(C)CC(F)(F)F. The third-order valence-electron chi connectivity index (χ3n) is 4.58. The Morgan fingerprint density at radius 1 is 1.34 bits per heavy atom. The fourth-order valence-corrected chi connectivity index (χ4v) is 4.07. The summed E-state index contributed by atoms with van der Waals surface area (Å²) in [6, 6.07) is 4.39. The number of nitrogens with zero attached hydrogens (tertiary/aromatic N) is 3. The van der Waals surface area contributed by atoms with E-state index in [1.54, 1.807) is 11.3 Å². The van der Waals surface area contributed by atoms with E-state index in [9.17, 15) is 13.2 Å². The van der Waals surface area contributed by atoms with Gasteiger partial charge in [-0.1, -0.05) is 6.07 Å². The molecule has 1 unspecified atom stereocenters. The number of nitrogens with one attached hydrogen (secondary N) is 2. The van der Waals surface area contributed by atoms with E-state index >= 15 is 0 Å². The zero-order chi connectivity index (χ0) is 21.1. The molecule has 1 aromatic heterocycles. The van der Waals surface area contributed by atoms with Gasteiger partial charge in [-0.05, 0) is 38.4 Å². The van der Waals surface area contributed by atoms with Crippen LogP contribution in [0.4, 0.5) is 13.2 Å². The minimum absolute atomic E-state index is 0.201. The molecule has 1 aromatic rings. The summed E-state index contributed by atoms with van der Waals surface area (Å²) in [5.41, 5.74) is 0. The molecule has 2 heterocycles. The predicted octanol–water partition coefficient (Wildman–Crippen LogP) is 2.56. The third-order valence-corrected chi connectivity index (χ3v) is 5.56. The number of morpholine rings is 1. The van der Waals surface area contributed by atoms with Gasteiger partial charge in [0.1, 0.15) is 0 Å². The van der Waals surface area contributed by atoms with E-state index in [0.29, 0.717) is 32.0 Å². The van der Waals surface area contributed by atoms with Crippen LogP contribution in [-0.2, 0) is 4.74 Å². The molecule has 0 saturated carbocycles. The Bertz CT molecular complexity index is 591. The van der Waals surface area contributed by atoms with Gasteiger partial charge < -0.3 is 15.4 Å². The minimum atomic E-state index is -4.16. The molecule has 2 N–H and O–H groups in total. The molecule has 1 atom stereocenters. The molecule has 1 fully saturated rings. The van der Waals surface area contributed by atoms with Crippen LogP contribution in [0.25, 0.3) is 0 Å². The van der Waals surface area contributed by atoms with Crippen molar-refractivity contribution in [1.82, 2.24) is 20.4 Å². The molecular formula is C19H32F3N5OS. The maximum Gasteiger partial charge on any atom is 0.401 e. The molecular weight excluding hydrogens is 403 g/mol. The lowest BCUT2D eigenvalue weighted by atomic mass is 10.2. The number of aliphatic imine (C=N–C) groups is 1. The van der Waals surface area contributed by atoms with Gasteiger partial charge in [-0.2, -0.15) is 13.2 Å². The Hall–Kier alpha value is -1.36. The Morgan fingerprint density at radius 3 is 2.72 bits per heavy atom. The Labute approximate surface area is 175 Å². The van der Waals surface area contributed by atoms with Crippen molar-refractivity contribution in [2.75, 3.05) is 66.1 Å². The van der Waals surface area contributed by atoms with Gasteiger partial charge >= 0.3 is 6.18 Å². The van der Waals surface area contributed by atoms with Crippen LogP contribution >= 0.6 is 11.3 Å². The molecule has 166 valence electrons. The number of ether oxygens (including phenoxy) is 1. The highest BCUT2D eigenvalue weighted by Gasteiger charge is 2.28. The zero-order valence-electron chi connectivity index (χ0n) is 17.2. The molecule has 0 bridgehead atoms. The van der Waals surface area contributed by atoms with E-state index in [-0.39, 0.29) is 6.04 Å². The molecule has 0 aliphatic carbocycles. The molecule has 0 amide bonds. The van der Waals surface area contributed by atoms with Crippen molar-refractivity contribution in [3.63, 3.8) is 0 Å². The minimum Gasteiger partial charge on any atom is -0.379 e. The predicted molar refractivity (Wildman–Crippen MR) is 112 cm³/mol. The number of guanidine groups is 1. The van der Waals surface area contributed by atoms with Crippen molar-refractivity contribution >= 4 is 17.3 Å². The average Bonchev–Trinajstić information content (AvgIpc) is 3.19. The summed E-state index contributed by atoms with van der Waals surface area (Å²) in [7, 11) is 1.49. The third kappa shape index (κ3) is 9.33. The highest BCUT2D eigenvalue weighted by Crippen LogP contribution is 2.26. The maximum atomic E-state index is 12.4. The van der Waals surface area contributed by atoms with Crippen LogP contribution in [0.1, 0.15) is 24.3 Å². The van der Waals surface area contributed by atoms with E-state index in [1.807, 2.05) is 6.92 Å². The topological polar surface area (TPSA) is 52.1 Å². The fourth-order valence-electron chi connectivity index (χ4n) is 3.22. The summed E-state index contributed by atoms with van der Waals surface area (Å²) in [6.07, 6.45) is -3.55. The van der Waals surface area contributed by atoms with Gasteiger partial charge in [0.25, 0.3) is 0 Å². The fraction of sp³-hybridized carbons (Fsp3) is 0.737. The summed E-state index contributed by atoms with van der Waals surface area (Å²) in [5.74, 6) is 0.695. The smallest absolute Gasteiger partial charge is 0.379 e. The first-order valence-electron chi connectivity index (χ1n) is 10.0. The summed E-state index contributed by atoms with van der Waals surface area (Å²) < 4.78 is 42.7. The number of halogens is 3. The van der Waals surface area contributed by atoms with Gasteiger partial charge in [0, 0.05) is 31.1 Å². The second kappa shape index (κ2) is 12.4. The largest absolute Gasteiger partial charge is 0.401 e. The van der Waals surface area contributed by atoms with Crippen LogP contribution in [0.3, 0.4) is 0 Å². The average molecular weight is 436 g/mol. The second-order valence-electron chi connectivity index (χ2n) is 7.03. The van der Waals surface area contributed by atoms with Crippen LogP contribution in [-0.4, -0.2) is 88.0 Å². The first-order chi connectivity index (χ1) is 13.9. The Kier molecular flexibility index (Phi) is 10.2. The highest BCUT2D eigenvalue weighted by atomic mass is 32.1. The van der Waals surface area contributed by atoms with E-state index in [2.05, 4.69) is 33.0 Å². The first kappa shape index (κ1) is 23.9. The van der Waals surface area contributed by atoms with Crippen molar-refractivity contribution in [2.24, 2.45) is 4.99 Å². The molecule has 10 heteroatoms. The van der Waals surface area contributed by atoms with Gasteiger partial charge in [0.15, 0.2) is 5.96 Å². The summed E-state index contributed by atoms with van der Waals surface area (Å²) in [4.78, 5) is 9.71. The van der Waals surface area contributed by atoms with Crippen molar-refractivity contribution in [3.05, 3.63) is 22.4 Å². The van der Waals surface area contributed by atoms with Crippen LogP contribution in [0, 0.1) is 0 Å². The molecule has 6 nitrogen and oxygen atoms in total. The van der Waals surface area contributed by atoms with Gasteiger partial charge in [-0.25, -0.2) is 0 Å². The van der Waals surface area contributed by atoms with Crippen LogP contribution in [0.15, 0.2) is 22.5 Å². The van der Waals surface area contributed by atoms with Gasteiger partial charge in [0.2, 0.25) is 0 Å². The molecule has 29 heavy (non-hydrogen) atoms. The molecule has 0 aromatic carbocycles. The maximum absolute atomic E-state index is 12.4. The lowest BCUT2D eigenvalue weighted by Crippen LogP contribution is -2.42. The lowest BCUT2D eigenvalue weighted by Gasteiger charge is -2.33. The zero-order valence-corrected chi connectivity index (χ0v) is 18.0. The Balaban J connectivity index is 1.87. The number of thiophene rings is 1. The number of rotatable bonds is 10. The van der Waals surface area contributed by atoms with Gasteiger partial charge in [0.05, 0.1) is 32.3 Å². The summed E-state index contributed by atoms with van der Waals surface area (Å²) >= 11 is 1.73. The van der Waals surface area contributed by atoms with Crippen molar-refractivity contribution in [1.29, 1.82) is 0 Å². The standard InChI is InChI=1S/C19H32F3N5OS/c1-3-23-18(24-7-5-8-26(2)15-19(20,21)22)25-14-16(17-6-4-13-29-17)27-9-11-28-12-10-27/h4,6,13,16H,3,5,7-12,14-15H2,1-2H3,(H2,23,24,25). The number of alkyl halides is 3. The first-order valence-corrected chi connectivity index (χ1v) is 10.9. The highest BCUT2D eigenvalue weighted by molar-refractivity contribution is 7.10. The molecule has 0 radical (unpaired) electrons. The summed E-state index contributed by atoms with van der Waals surface area (Å²) in [5, 5.41) is 8.53. The van der Waals surface area contributed by atoms with Gasteiger partial charge in [-0.15, -0.1) is 11.3 Å². The quantitative estimate of drug-likeness (QED) is 0.336. The van der Waals surface area contributed by atoms with Gasteiger partial charge in [-0.3, -0.25) is 14.8 Å². The molecule has 1 saturated heterocycles.